The van der Waals surface area contributed by atoms with Crippen LogP contribution < -0.4 is 0 Å². The van der Waals surface area contributed by atoms with Gasteiger partial charge in [0, 0.05) is 0 Å². The van der Waals surface area contributed by atoms with Gasteiger partial charge in [0.15, 0.2) is 12.4 Å². The second-order valence-corrected chi connectivity index (χ2v) is 5.32. The van der Waals surface area contributed by atoms with E-state index in [2.05, 4.69) is 0 Å². The first-order valence-electron chi connectivity index (χ1n) is 6.99. The van der Waals surface area contributed by atoms with E-state index in [4.69, 9.17) is 24.8 Å². The molecule has 1 heterocycles. The highest BCUT2D eigenvalue weighted by atomic mass is 16.7. The van der Waals surface area contributed by atoms with E-state index in [1.807, 2.05) is 0 Å². The van der Waals surface area contributed by atoms with E-state index < -0.39 is 74.3 Å². The zero-order valence-corrected chi connectivity index (χ0v) is 12.4. The van der Waals surface area contributed by atoms with Crippen molar-refractivity contribution in [2.24, 2.45) is 0 Å². The first-order chi connectivity index (χ1) is 11.1. The van der Waals surface area contributed by atoms with E-state index in [0.29, 0.717) is 0 Å². The number of aliphatic hydroxyl groups excluding tert-OH is 8. The van der Waals surface area contributed by atoms with E-state index in [9.17, 15) is 35.4 Å². The van der Waals surface area contributed by atoms with E-state index in [0.717, 1.165) is 0 Å². The molecule has 1 aliphatic heterocycles. The largest absolute Gasteiger partial charge is 0.479 e. The summed E-state index contributed by atoms with van der Waals surface area (Å²) in [5.74, 6) is -1.84. The Kier molecular flexibility index (Phi) is 7.88. The normalized spacial score (nSPS) is 35.9. The summed E-state index contributed by atoms with van der Waals surface area (Å²) >= 11 is 0. The maximum Gasteiger partial charge on any atom is 0.335 e. The van der Waals surface area contributed by atoms with Gasteiger partial charge >= 0.3 is 5.97 Å². The molecule has 0 unspecified atom stereocenters. The molecule has 0 amide bonds. The maximum atomic E-state index is 10.9. The second-order valence-electron chi connectivity index (χ2n) is 5.32. The molecule has 1 rings (SSSR count). The summed E-state index contributed by atoms with van der Waals surface area (Å²) in [5.41, 5.74) is 0. The summed E-state index contributed by atoms with van der Waals surface area (Å²) in [7, 11) is 0. The summed E-state index contributed by atoms with van der Waals surface area (Å²) in [6.07, 6.45) is -17.1. The number of hydrogen-bond donors (Lipinski definition) is 9. The lowest BCUT2D eigenvalue weighted by Crippen LogP contribution is -2.62. The van der Waals surface area contributed by atoms with Crippen LogP contribution in [0, 0.1) is 0 Å². The number of rotatable bonds is 8. The third kappa shape index (κ3) is 4.58. The average molecular weight is 358 g/mol. The third-order valence-electron chi connectivity index (χ3n) is 3.62. The molecule has 0 aromatic heterocycles. The highest BCUT2D eigenvalue weighted by Crippen LogP contribution is 2.25. The Hall–Kier alpha value is -0.930. The predicted molar refractivity (Wildman–Crippen MR) is 71.4 cm³/mol. The van der Waals surface area contributed by atoms with Gasteiger partial charge in [-0.15, -0.1) is 0 Å². The highest BCUT2D eigenvalue weighted by Gasteiger charge is 2.47. The Bertz CT molecular complexity index is 403. The van der Waals surface area contributed by atoms with Crippen molar-refractivity contribution in [3.8, 4) is 0 Å². The van der Waals surface area contributed by atoms with Crippen molar-refractivity contribution >= 4 is 5.97 Å². The molecule has 12 heteroatoms. The van der Waals surface area contributed by atoms with Crippen LogP contribution in [0.4, 0.5) is 0 Å². The van der Waals surface area contributed by atoms with E-state index in [1.54, 1.807) is 0 Å². The SMILES string of the molecule is O=C(O)[C@H](O)[C@H](O[C@@H]1O[C@H](CO)[C@H](O)[C@@H](O)[C@H]1O)[C@H](O)[C@H](O)CO. The summed E-state index contributed by atoms with van der Waals surface area (Å²) in [5, 5.41) is 84.5. The summed E-state index contributed by atoms with van der Waals surface area (Å²) in [6, 6.07) is 0. The summed E-state index contributed by atoms with van der Waals surface area (Å²) in [4.78, 5) is 10.9. The van der Waals surface area contributed by atoms with Crippen molar-refractivity contribution in [3.05, 3.63) is 0 Å². The molecule has 9 N–H and O–H groups in total. The van der Waals surface area contributed by atoms with E-state index >= 15 is 0 Å². The summed E-state index contributed by atoms with van der Waals surface area (Å²) in [6.45, 7) is -1.76. The topological polar surface area (TPSA) is 218 Å². The molecule has 142 valence electrons. The van der Waals surface area contributed by atoms with Gasteiger partial charge in [0.05, 0.1) is 13.2 Å². The summed E-state index contributed by atoms with van der Waals surface area (Å²) < 4.78 is 9.92. The number of ether oxygens (including phenoxy) is 2. The molecule has 1 saturated heterocycles. The van der Waals surface area contributed by atoms with Gasteiger partial charge in [-0.2, -0.15) is 0 Å². The van der Waals surface area contributed by atoms with Crippen LogP contribution in [0.1, 0.15) is 0 Å². The van der Waals surface area contributed by atoms with Crippen molar-refractivity contribution in [2.75, 3.05) is 13.2 Å². The first-order valence-corrected chi connectivity index (χ1v) is 6.99. The van der Waals surface area contributed by atoms with Crippen LogP contribution in [0.25, 0.3) is 0 Å². The standard InChI is InChI=1S/C12H22O12/c13-1-3(15)5(16)10(9(20)11(21)22)24-12-8(19)7(18)6(17)4(2-14)23-12/h3-10,12-20H,1-2H2,(H,21,22)/t3-,4-,5-,6+,7-,8-,9-,10-,12+/m1/s1. The fraction of sp³-hybridized carbons (Fsp3) is 0.917. The van der Waals surface area contributed by atoms with Crippen molar-refractivity contribution in [2.45, 2.75) is 55.1 Å². The minimum absolute atomic E-state index is 0.779. The van der Waals surface area contributed by atoms with Crippen LogP contribution in [0.5, 0.6) is 0 Å². The molecule has 0 aromatic rings. The van der Waals surface area contributed by atoms with Gasteiger partial charge in [-0.1, -0.05) is 0 Å². The van der Waals surface area contributed by atoms with Crippen molar-refractivity contribution in [3.63, 3.8) is 0 Å². The number of aliphatic carboxylic acids is 1. The maximum absolute atomic E-state index is 10.9. The molecule has 1 aliphatic rings. The molecule has 24 heavy (non-hydrogen) atoms. The molecule has 0 radical (unpaired) electrons. The Morgan fingerprint density at radius 3 is 2.08 bits per heavy atom. The highest BCUT2D eigenvalue weighted by molar-refractivity contribution is 5.72. The van der Waals surface area contributed by atoms with Crippen LogP contribution in [0.15, 0.2) is 0 Å². The Morgan fingerprint density at radius 2 is 1.62 bits per heavy atom. The number of hydrogen-bond acceptors (Lipinski definition) is 11. The lowest BCUT2D eigenvalue weighted by atomic mass is 9.98. The first kappa shape index (κ1) is 21.1. The zero-order valence-electron chi connectivity index (χ0n) is 12.4. The number of aliphatic hydroxyl groups is 8. The number of carboxylic acid groups (broad SMARTS) is 1. The van der Waals surface area contributed by atoms with Crippen LogP contribution >= 0.6 is 0 Å². The lowest BCUT2D eigenvalue weighted by Gasteiger charge is -2.42. The van der Waals surface area contributed by atoms with Crippen LogP contribution in [-0.2, 0) is 14.3 Å². The molecular weight excluding hydrogens is 336 g/mol. The molecule has 0 bridgehead atoms. The van der Waals surface area contributed by atoms with Crippen LogP contribution in [0.2, 0.25) is 0 Å². The zero-order chi connectivity index (χ0) is 18.6. The Morgan fingerprint density at radius 1 is 1.04 bits per heavy atom. The van der Waals surface area contributed by atoms with Crippen molar-refractivity contribution in [1.29, 1.82) is 0 Å². The number of carboxylic acids is 1. The molecule has 0 aliphatic carbocycles. The lowest BCUT2D eigenvalue weighted by molar-refractivity contribution is -0.325. The quantitative estimate of drug-likeness (QED) is 0.198. The van der Waals surface area contributed by atoms with Gasteiger partial charge in [0.1, 0.15) is 42.7 Å². The van der Waals surface area contributed by atoms with Gasteiger partial charge < -0.3 is 55.4 Å². The smallest absolute Gasteiger partial charge is 0.335 e. The van der Waals surface area contributed by atoms with Gasteiger partial charge in [-0.3, -0.25) is 0 Å². The average Bonchev–Trinajstić information content (AvgIpc) is 2.57. The van der Waals surface area contributed by atoms with Crippen LogP contribution in [-0.4, -0.2) is 120 Å². The van der Waals surface area contributed by atoms with Gasteiger partial charge in [-0.25, -0.2) is 4.79 Å². The molecule has 12 nitrogen and oxygen atoms in total. The van der Waals surface area contributed by atoms with Gasteiger partial charge in [0.2, 0.25) is 0 Å². The monoisotopic (exact) mass is 358 g/mol. The molecule has 0 spiro atoms. The third-order valence-corrected chi connectivity index (χ3v) is 3.62. The van der Waals surface area contributed by atoms with Crippen LogP contribution in [0.3, 0.4) is 0 Å². The molecule has 9 atom stereocenters. The van der Waals surface area contributed by atoms with Gasteiger partial charge in [0.25, 0.3) is 0 Å². The predicted octanol–water partition coefficient (Wildman–Crippen LogP) is -5.67. The fourth-order valence-corrected chi connectivity index (χ4v) is 2.14. The molecule has 1 fully saturated rings. The molecular formula is C12H22O12. The number of carbonyl (C=O) groups is 1. The van der Waals surface area contributed by atoms with E-state index in [-0.39, 0.29) is 0 Å². The van der Waals surface area contributed by atoms with Crippen molar-refractivity contribution in [1.82, 2.24) is 0 Å². The van der Waals surface area contributed by atoms with Crippen molar-refractivity contribution < 1.29 is 60.2 Å². The Balaban J connectivity index is 2.97. The van der Waals surface area contributed by atoms with Gasteiger partial charge in [-0.05, 0) is 0 Å². The fourth-order valence-electron chi connectivity index (χ4n) is 2.14. The Labute approximate surface area is 135 Å². The minimum Gasteiger partial charge on any atom is -0.479 e. The molecule has 0 saturated carbocycles. The van der Waals surface area contributed by atoms with E-state index in [1.165, 1.54) is 0 Å². The minimum atomic E-state index is -2.38. The molecule has 0 aromatic carbocycles. The second kappa shape index (κ2) is 8.96.